The Morgan fingerprint density at radius 2 is 1.82 bits per heavy atom. The summed E-state index contributed by atoms with van der Waals surface area (Å²) in [6, 6.07) is 24.4. The molecule has 3 aromatic heterocycles. The van der Waals surface area contributed by atoms with Crippen LogP contribution in [0.3, 0.4) is 0 Å². The van der Waals surface area contributed by atoms with Crippen molar-refractivity contribution in [3.63, 3.8) is 0 Å². The van der Waals surface area contributed by atoms with Crippen molar-refractivity contribution in [3.8, 4) is 17.1 Å². The number of H-pyrrole nitrogens is 1. The van der Waals surface area contributed by atoms with E-state index >= 15 is 0 Å². The van der Waals surface area contributed by atoms with Crippen LogP contribution in [0.25, 0.3) is 49.9 Å². The van der Waals surface area contributed by atoms with Crippen LogP contribution >= 0.6 is 0 Å². The van der Waals surface area contributed by atoms with Crippen molar-refractivity contribution in [1.82, 2.24) is 24.3 Å². The second kappa shape index (κ2) is 8.81. The summed E-state index contributed by atoms with van der Waals surface area (Å²) >= 11 is 0. The molecule has 0 aliphatic carbocycles. The molecule has 8 nitrogen and oxygen atoms in total. The monoisotopic (exact) mass is 529 g/mol. The van der Waals surface area contributed by atoms with Crippen LogP contribution in [-0.2, 0) is 7.05 Å². The van der Waals surface area contributed by atoms with Gasteiger partial charge in [-0.1, -0.05) is 30.3 Å². The molecule has 9 heteroatoms. The number of anilines is 2. The van der Waals surface area contributed by atoms with E-state index in [1.54, 1.807) is 23.0 Å². The van der Waals surface area contributed by atoms with Crippen molar-refractivity contribution >= 4 is 50.1 Å². The predicted molar refractivity (Wildman–Crippen MR) is 156 cm³/mol. The third-order valence-electron chi connectivity index (χ3n) is 7.34. The first-order chi connectivity index (χ1) is 19.4. The minimum atomic E-state index is -0.511. The van der Waals surface area contributed by atoms with Crippen LogP contribution in [0.5, 0.6) is 0 Å². The van der Waals surface area contributed by atoms with E-state index in [9.17, 15) is 9.18 Å². The SMILES string of the molecule is CN(c1cnn(C)c1)c1cc(-n2c3ccccc3c3c(-c4nc5ccc(F)cc5[nH]4)cccc32)ccc1C(N)=O. The number of imidazole rings is 1. The molecule has 0 bridgehead atoms. The van der Waals surface area contributed by atoms with Gasteiger partial charge in [0.25, 0.3) is 5.91 Å². The number of benzene rings is 4. The number of nitrogens with two attached hydrogens (primary N) is 1. The van der Waals surface area contributed by atoms with E-state index in [0.717, 1.165) is 38.7 Å². The molecule has 0 saturated carbocycles. The molecule has 0 saturated heterocycles. The van der Waals surface area contributed by atoms with Gasteiger partial charge >= 0.3 is 0 Å². The molecule has 4 aromatic carbocycles. The highest BCUT2D eigenvalue weighted by Crippen LogP contribution is 2.39. The van der Waals surface area contributed by atoms with Gasteiger partial charge in [-0.15, -0.1) is 0 Å². The molecule has 196 valence electrons. The number of carbonyl (C=O) groups is 1. The highest BCUT2D eigenvalue weighted by atomic mass is 19.1. The van der Waals surface area contributed by atoms with Crippen molar-refractivity contribution in [2.75, 3.05) is 11.9 Å². The number of aromatic amines is 1. The van der Waals surface area contributed by atoms with E-state index in [4.69, 9.17) is 10.7 Å². The normalized spacial score (nSPS) is 11.6. The van der Waals surface area contributed by atoms with Gasteiger partial charge in [0.15, 0.2) is 0 Å². The minimum absolute atomic E-state index is 0.316. The van der Waals surface area contributed by atoms with Crippen LogP contribution in [0.4, 0.5) is 15.8 Å². The maximum Gasteiger partial charge on any atom is 0.250 e. The lowest BCUT2D eigenvalue weighted by Crippen LogP contribution is -2.18. The zero-order valence-corrected chi connectivity index (χ0v) is 21.8. The van der Waals surface area contributed by atoms with E-state index < -0.39 is 5.91 Å². The summed E-state index contributed by atoms with van der Waals surface area (Å²) in [6.45, 7) is 0. The number of halogens is 1. The van der Waals surface area contributed by atoms with Gasteiger partial charge in [0.05, 0.1) is 45.2 Å². The van der Waals surface area contributed by atoms with Gasteiger partial charge in [-0.3, -0.25) is 9.48 Å². The number of primary amides is 1. The number of para-hydroxylation sites is 1. The number of hydrogen-bond acceptors (Lipinski definition) is 4. The largest absolute Gasteiger partial charge is 0.366 e. The number of nitrogens with one attached hydrogen (secondary N) is 1. The smallest absolute Gasteiger partial charge is 0.250 e. The predicted octanol–water partition coefficient (Wildman–Crippen LogP) is 6.07. The number of aryl methyl sites for hydroxylation is 1. The van der Waals surface area contributed by atoms with Crippen LogP contribution in [0, 0.1) is 5.82 Å². The van der Waals surface area contributed by atoms with Crippen LogP contribution in [-0.4, -0.2) is 37.3 Å². The molecule has 0 spiro atoms. The van der Waals surface area contributed by atoms with Crippen LogP contribution in [0.15, 0.2) is 91.3 Å². The Morgan fingerprint density at radius 1 is 1.00 bits per heavy atom. The molecule has 3 heterocycles. The Hall–Kier alpha value is -5.44. The average molecular weight is 530 g/mol. The van der Waals surface area contributed by atoms with Gasteiger partial charge in [0, 0.05) is 42.3 Å². The van der Waals surface area contributed by atoms with Crippen molar-refractivity contribution < 1.29 is 9.18 Å². The van der Waals surface area contributed by atoms with Crippen LogP contribution < -0.4 is 10.6 Å². The van der Waals surface area contributed by atoms with E-state index in [-0.39, 0.29) is 5.82 Å². The molecule has 0 atom stereocenters. The van der Waals surface area contributed by atoms with Crippen molar-refractivity contribution in [1.29, 1.82) is 0 Å². The van der Waals surface area contributed by atoms with Gasteiger partial charge in [0.1, 0.15) is 11.6 Å². The summed E-state index contributed by atoms with van der Waals surface area (Å²) in [5.41, 5.74) is 12.8. The summed E-state index contributed by atoms with van der Waals surface area (Å²) in [7, 11) is 3.73. The third-order valence-corrected chi connectivity index (χ3v) is 7.34. The van der Waals surface area contributed by atoms with Gasteiger partial charge in [-0.2, -0.15) is 5.10 Å². The number of carbonyl (C=O) groups excluding carboxylic acids is 1. The number of amides is 1. The summed E-state index contributed by atoms with van der Waals surface area (Å²) in [4.78, 5) is 22.4. The molecule has 0 fully saturated rings. The maximum atomic E-state index is 13.9. The number of nitrogens with zero attached hydrogens (tertiary/aromatic N) is 5. The molecule has 0 unspecified atom stereocenters. The first-order valence-electron chi connectivity index (χ1n) is 12.7. The summed E-state index contributed by atoms with van der Waals surface area (Å²) < 4.78 is 17.8. The van der Waals surface area contributed by atoms with Gasteiger partial charge in [-0.05, 0) is 48.5 Å². The Kier molecular flexibility index (Phi) is 5.21. The fraction of sp³-hybridized carbons (Fsp3) is 0.0645. The molecule has 0 radical (unpaired) electrons. The third kappa shape index (κ3) is 3.63. The summed E-state index contributed by atoms with van der Waals surface area (Å²) in [6.07, 6.45) is 3.62. The van der Waals surface area contributed by atoms with Gasteiger partial charge < -0.3 is 20.2 Å². The molecule has 0 aliphatic heterocycles. The fourth-order valence-electron chi connectivity index (χ4n) is 5.47. The van der Waals surface area contributed by atoms with E-state index in [2.05, 4.69) is 32.8 Å². The van der Waals surface area contributed by atoms with Gasteiger partial charge in [-0.25, -0.2) is 9.37 Å². The quantitative estimate of drug-likeness (QED) is 0.283. The van der Waals surface area contributed by atoms with Crippen molar-refractivity contribution in [2.45, 2.75) is 0 Å². The van der Waals surface area contributed by atoms with Crippen molar-refractivity contribution in [3.05, 3.63) is 103 Å². The molecule has 40 heavy (non-hydrogen) atoms. The number of fused-ring (bicyclic) bond motifs is 4. The Balaban J connectivity index is 1.48. The van der Waals surface area contributed by atoms with E-state index in [0.29, 0.717) is 28.1 Å². The fourth-order valence-corrected chi connectivity index (χ4v) is 5.47. The Labute approximate surface area is 228 Å². The molecule has 1 amide bonds. The zero-order chi connectivity index (χ0) is 27.5. The standard InChI is InChI=1S/C31H24FN7O/c1-37-17-20(16-34-37)38(2)28-15-19(11-12-22(28)30(33)40)39-26-8-4-3-6-21(26)29-23(7-5-9-27(29)39)31-35-24-13-10-18(32)14-25(24)36-31/h3-17H,1-2H3,(H2,33,40)(H,35,36). The minimum Gasteiger partial charge on any atom is -0.366 e. The Morgan fingerprint density at radius 3 is 2.62 bits per heavy atom. The molecule has 0 aliphatic rings. The van der Waals surface area contributed by atoms with E-state index in [1.807, 2.05) is 61.6 Å². The first-order valence-corrected chi connectivity index (χ1v) is 12.7. The van der Waals surface area contributed by atoms with Crippen LogP contribution in [0.2, 0.25) is 0 Å². The topological polar surface area (TPSA) is 97.8 Å². The number of aromatic nitrogens is 5. The lowest BCUT2D eigenvalue weighted by atomic mass is 10.1. The van der Waals surface area contributed by atoms with Crippen molar-refractivity contribution in [2.24, 2.45) is 12.8 Å². The highest BCUT2D eigenvalue weighted by molar-refractivity contribution is 6.15. The summed E-state index contributed by atoms with van der Waals surface area (Å²) in [5.74, 6) is -0.165. The molecule has 7 rings (SSSR count). The lowest BCUT2D eigenvalue weighted by Gasteiger charge is -2.21. The first kappa shape index (κ1) is 23.7. The molecular weight excluding hydrogens is 505 g/mol. The van der Waals surface area contributed by atoms with E-state index in [1.165, 1.54) is 12.1 Å². The number of hydrogen-bond donors (Lipinski definition) is 2. The van der Waals surface area contributed by atoms with Crippen LogP contribution in [0.1, 0.15) is 10.4 Å². The average Bonchev–Trinajstić information content (AvgIpc) is 3.67. The highest BCUT2D eigenvalue weighted by Gasteiger charge is 2.20. The second-order valence-corrected chi connectivity index (χ2v) is 9.80. The zero-order valence-electron chi connectivity index (χ0n) is 21.8. The lowest BCUT2D eigenvalue weighted by molar-refractivity contribution is 0.100. The second-order valence-electron chi connectivity index (χ2n) is 9.80. The number of rotatable bonds is 5. The molecular formula is C31H24FN7O. The maximum absolute atomic E-state index is 13.9. The van der Waals surface area contributed by atoms with Gasteiger partial charge in [0.2, 0.25) is 0 Å². The Bertz CT molecular complexity index is 2100. The molecule has 7 aromatic rings. The summed E-state index contributed by atoms with van der Waals surface area (Å²) in [5, 5.41) is 6.33. The molecule has 3 N–H and O–H groups in total.